The van der Waals surface area contributed by atoms with E-state index in [1.165, 1.54) is 12.8 Å². The van der Waals surface area contributed by atoms with Gasteiger partial charge in [0.15, 0.2) is 5.82 Å². The predicted molar refractivity (Wildman–Crippen MR) is 64.2 cm³/mol. The first-order valence-electron chi connectivity index (χ1n) is 5.50. The summed E-state index contributed by atoms with van der Waals surface area (Å²) in [6.45, 7) is 0.819. The third kappa shape index (κ3) is 2.01. The Balaban J connectivity index is 1.78. The van der Waals surface area contributed by atoms with Gasteiger partial charge in [-0.1, -0.05) is 6.07 Å². The monoisotopic (exact) mass is 234 g/mol. The van der Waals surface area contributed by atoms with Gasteiger partial charge in [-0.3, -0.25) is 4.68 Å². The molecule has 1 saturated carbocycles. The summed E-state index contributed by atoms with van der Waals surface area (Å²) >= 11 is 1.68. The van der Waals surface area contributed by atoms with Crippen molar-refractivity contribution in [2.45, 2.75) is 25.4 Å². The van der Waals surface area contributed by atoms with Gasteiger partial charge >= 0.3 is 0 Å². The summed E-state index contributed by atoms with van der Waals surface area (Å²) in [5, 5.41) is 9.93. The lowest BCUT2D eigenvalue weighted by molar-refractivity contribution is 0.611. The third-order valence-corrected chi connectivity index (χ3v) is 3.59. The van der Waals surface area contributed by atoms with E-state index < -0.39 is 0 Å². The van der Waals surface area contributed by atoms with Crippen molar-refractivity contribution in [1.29, 1.82) is 0 Å². The summed E-state index contributed by atoms with van der Waals surface area (Å²) in [7, 11) is 1.95. The molecule has 1 N–H and O–H groups in total. The van der Waals surface area contributed by atoms with Gasteiger partial charge in [0.1, 0.15) is 5.82 Å². The molecular weight excluding hydrogens is 220 g/mol. The first kappa shape index (κ1) is 9.99. The lowest BCUT2D eigenvalue weighted by Crippen LogP contribution is -2.18. The van der Waals surface area contributed by atoms with E-state index >= 15 is 0 Å². The molecule has 0 radical (unpaired) electrons. The first-order valence-corrected chi connectivity index (χ1v) is 6.38. The van der Waals surface area contributed by atoms with Crippen molar-refractivity contribution >= 4 is 11.3 Å². The van der Waals surface area contributed by atoms with Crippen molar-refractivity contribution in [2.24, 2.45) is 7.05 Å². The fourth-order valence-corrected chi connectivity index (χ4v) is 2.26. The zero-order valence-electron chi connectivity index (χ0n) is 9.18. The highest BCUT2D eigenvalue weighted by molar-refractivity contribution is 7.13. The highest BCUT2D eigenvalue weighted by Crippen LogP contribution is 2.22. The van der Waals surface area contributed by atoms with Gasteiger partial charge in [-0.05, 0) is 24.3 Å². The molecular formula is C11H14N4S. The average Bonchev–Trinajstić information content (AvgIpc) is 2.80. The smallest absolute Gasteiger partial charge is 0.191 e. The van der Waals surface area contributed by atoms with E-state index in [0.29, 0.717) is 6.04 Å². The van der Waals surface area contributed by atoms with Crippen LogP contribution in [0.25, 0.3) is 10.7 Å². The van der Waals surface area contributed by atoms with E-state index in [1.54, 1.807) is 11.3 Å². The number of rotatable bonds is 4. The van der Waals surface area contributed by atoms with Crippen LogP contribution in [-0.4, -0.2) is 20.8 Å². The Morgan fingerprint density at radius 3 is 3.12 bits per heavy atom. The van der Waals surface area contributed by atoms with Gasteiger partial charge in [0.25, 0.3) is 0 Å². The zero-order valence-corrected chi connectivity index (χ0v) is 10.00. The summed E-state index contributed by atoms with van der Waals surface area (Å²) in [5.41, 5.74) is 0. The molecule has 2 aromatic heterocycles. The van der Waals surface area contributed by atoms with Crippen molar-refractivity contribution in [2.75, 3.05) is 0 Å². The lowest BCUT2D eigenvalue weighted by Gasteiger charge is -2.00. The summed E-state index contributed by atoms with van der Waals surface area (Å²) in [6, 6.07) is 4.79. The van der Waals surface area contributed by atoms with Gasteiger partial charge in [0.2, 0.25) is 0 Å². The van der Waals surface area contributed by atoms with E-state index in [-0.39, 0.29) is 0 Å². The molecule has 0 spiro atoms. The van der Waals surface area contributed by atoms with Crippen molar-refractivity contribution < 1.29 is 0 Å². The molecule has 1 aliphatic carbocycles. The predicted octanol–water partition coefficient (Wildman–Crippen LogP) is 1.80. The van der Waals surface area contributed by atoms with Crippen LogP contribution >= 0.6 is 11.3 Å². The van der Waals surface area contributed by atoms with Gasteiger partial charge in [0, 0.05) is 13.1 Å². The van der Waals surface area contributed by atoms with Crippen LogP contribution in [-0.2, 0) is 13.6 Å². The van der Waals surface area contributed by atoms with Crippen LogP contribution in [0.2, 0.25) is 0 Å². The van der Waals surface area contributed by atoms with Gasteiger partial charge in [0.05, 0.1) is 11.4 Å². The maximum Gasteiger partial charge on any atom is 0.191 e. The quantitative estimate of drug-likeness (QED) is 0.877. The molecule has 2 heterocycles. The molecule has 2 aromatic rings. The molecule has 0 saturated heterocycles. The SMILES string of the molecule is Cn1nc(-c2cccs2)nc1CNC1CC1. The van der Waals surface area contributed by atoms with Crippen molar-refractivity contribution in [3.8, 4) is 10.7 Å². The van der Waals surface area contributed by atoms with Crippen LogP contribution < -0.4 is 5.32 Å². The number of hydrogen-bond donors (Lipinski definition) is 1. The number of nitrogens with one attached hydrogen (secondary N) is 1. The molecule has 0 aromatic carbocycles. The standard InChI is InChI=1S/C11H14N4S/c1-15-10(7-12-8-4-5-8)13-11(14-15)9-3-2-6-16-9/h2-3,6,8,12H,4-5,7H2,1H3. The molecule has 0 atom stereocenters. The average molecular weight is 234 g/mol. The molecule has 0 amide bonds. The molecule has 0 bridgehead atoms. The fourth-order valence-electron chi connectivity index (χ4n) is 1.60. The number of nitrogens with zero attached hydrogens (tertiary/aromatic N) is 3. The second kappa shape index (κ2) is 3.99. The van der Waals surface area contributed by atoms with E-state index in [9.17, 15) is 0 Å². The van der Waals surface area contributed by atoms with Gasteiger partial charge in [-0.15, -0.1) is 11.3 Å². The van der Waals surface area contributed by atoms with E-state index in [0.717, 1.165) is 23.1 Å². The van der Waals surface area contributed by atoms with Gasteiger partial charge < -0.3 is 5.32 Å². The summed E-state index contributed by atoms with van der Waals surface area (Å²) in [6.07, 6.45) is 2.60. The Morgan fingerprint density at radius 1 is 1.56 bits per heavy atom. The van der Waals surface area contributed by atoms with Gasteiger partial charge in [-0.2, -0.15) is 5.10 Å². The van der Waals surface area contributed by atoms with Crippen LogP contribution in [0.15, 0.2) is 17.5 Å². The Bertz CT molecular complexity index is 470. The van der Waals surface area contributed by atoms with Gasteiger partial charge in [-0.25, -0.2) is 4.98 Å². The molecule has 1 fully saturated rings. The molecule has 4 nitrogen and oxygen atoms in total. The van der Waals surface area contributed by atoms with Crippen LogP contribution in [0, 0.1) is 0 Å². The van der Waals surface area contributed by atoms with Crippen LogP contribution in [0.1, 0.15) is 18.7 Å². The maximum absolute atomic E-state index is 4.55. The molecule has 3 rings (SSSR count). The largest absolute Gasteiger partial charge is 0.307 e. The number of thiophene rings is 1. The Labute approximate surface area is 98.3 Å². The first-order chi connectivity index (χ1) is 7.83. The highest BCUT2D eigenvalue weighted by Gasteiger charge is 2.21. The zero-order chi connectivity index (χ0) is 11.0. The molecule has 16 heavy (non-hydrogen) atoms. The minimum Gasteiger partial charge on any atom is -0.307 e. The van der Waals surface area contributed by atoms with Crippen molar-refractivity contribution in [1.82, 2.24) is 20.1 Å². The maximum atomic E-state index is 4.55. The van der Waals surface area contributed by atoms with E-state index in [1.807, 2.05) is 23.2 Å². The minimum atomic E-state index is 0.710. The Kier molecular flexibility index (Phi) is 2.49. The molecule has 1 aliphatic rings. The fraction of sp³-hybridized carbons (Fsp3) is 0.455. The summed E-state index contributed by atoms with van der Waals surface area (Å²) in [4.78, 5) is 5.68. The number of hydrogen-bond acceptors (Lipinski definition) is 4. The topological polar surface area (TPSA) is 42.7 Å². The van der Waals surface area contributed by atoms with Crippen LogP contribution in [0.5, 0.6) is 0 Å². The molecule has 5 heteroatoms. The van der Waals surface area contributed by atoms with E-state index in [2.05, 4.69) is 21.5 Å². The molecule has 0 aliphatic heterocycles. The second-order valence-corrected chi connectivity index (χ2v) is 5.06. The third-order valence-electron chi connectivity index (χ3n) is 2.72. The van der Waals surface area contributed by atoms with Crippen molar-refractivity contribution in [3.63, 3.8) is 0 Å². The Hall–Kier alpha value is -1.20. The molecule has 84 valence electrons. The highest BCUT2D eigenvalue weighted by atomic mass is 32.1. The van der Waals surface area contributed by atoms with E-state index in [4.69, 9.17) is 0 Å². The van der Waals surface area contributed by atoms with Crippen LogP contribution in [0.4, 0.5) is 0 Å². The minimum absolute atomic E-state index is 0.710. The van der Waals surface area contributed by atoms with Crippen LogP contribution in [0.3, 0.4) is 0 Å². The Morgan fingerprint density at radius 2 is 2.44 bits per heavy atom. The normalized spacial score (nSPS) is 15.6. The second-order valence-electron chi connectivity index (χ2n) is 4.11. The number of aromatic nitrogens is 3. The lowest BCUT2D eigenvalue weighted by atomic mass is 10.4. The summed E-state index contributed by atoms with van der Waals surface area (Å²) < 4.78 is 1.87. The van der Waals surface area contributed by atoms with Crippen molar-refractivity contribution in [3.05, 3.63) is 23.3 Å². The summed E-state index contributed by atoms with van der Waals surface area (Å²) in [5.74, 6) is 1.85. The molecule has 0 unspecified atom stereocenters. The number of aryl methyl sites for hydroxylation is 1.